The lowest BCUT2D eigenvalue weighted by Gasteiger charge is -2.25. The lowest BCUT2D eigenvalue weighted by Crippen LogP contribution is -2.30. The molecule has 1 atom stereocenters. The molecule has 1 amide bonds. The molecule has 4 rings (SSSR count). The maximum absolute atomic E-state index is 13.2. The summed E-state index contributed by atoms with van der Waals surface area (Å²) in [6.45, 7) is 0.717. The molecule has 1 aromatic heterocycles. The van der Waals surface area contributed by atoms with Crippen LogP contribution in [0.4, 0.5) is 4.39 Å². The summed E-state index contributed by atoms with van der Waals surface area (Å²) in [6, 6.07) is 14.3. The summed E-state index contributed by atoms with van der Waals surface area (Å²) in [7, 11) is 1.65. The van der Waals surface area contributed by atoms with E-state index in [1.807, 2.05) is 29.2 Å². The van der Waals surface area contributed by atoms with Crippen molar-refractivity contribution < 1.29 is 18.3 Å². The third-order valence-electron chi connectivity index (χ3n) is 5.69. The van der Waals surface area contributed by atoms with E-state index in [1.54, 1.807) is 19.2 Å². The Bertz CT molecular complexity index is 1020. The van der Waals surface area contributed by atoms with Crippen molar-refractivity contribution in [1.82, 2.24) is 15.1 Å². The number of carbonyl (C=O) groups excluding carboxylic acids is 1. The molecule has 162 valence electrons. The molecule has 3 aromatic rings. The van der Waals surface area contributed by atoms with Crippen LogP contribution < -0.4 is 4.74 Å². The van der Waals surface area contributed by atoms with Gasteiger partial charge in [0.05, 0.1) is 13.2 Å². The number of benzene rings is 2. The normalized spacial score (nSPS) is 15.9. The van der Waals surface area contributed by atoms with E-state index in [-0.39, 0.29) is 17.8 Å². The van der Waals surface area contributed by atoms with Gasteiger partial charge in [-0.25, -0.2) is 4.39 Å². The first kappa shape index (κ1) is 21.0. The fourth-order valence-electron chi connectivity index (χ4n) is 4.10. The molecule has 1 aliphatic rings. The number of aryl methyl sites for hydroxylation is 3. The van der Waals surface area contributed by atoms with Gasteiger partial charge in [0, 0.05) is 25.8 Å². The second kappa shape index (κ2) is 9.73. The molecule has 2 aromatic carbocycles. The molecule has 7 heteroatoms. The highest BCUT2D eigenvalue weighted by Gasteiger charge is 2.29. The average Bonchev–Trinajstić information content (AvgIpc) is 3.46. The summed E-state index contributed by atoms with van der Waals surface area (Å²) in [6.07, 6.45) is 3.91. The van der Waals surface area contributed by atoms with Crippen LogP contribution in [0, 0.1) is 5.82 Å². The van der Waals surface area contributed by atoms with Gasteiger partial charge >= 0.3 is 0 Å². The molecule has 0 bridgehead atoms. The summed E-state index contributed by atoms with van der Waals surface area (Å²) < 4.78 is 24.3. The van der Waals surface area contributed by atoms with E-state index in [0.717, 1.165) is 42.7 Å². The van der Waals surface area contributed by atoms with Gasteiger partial charge in [0.2, 0.25) is 17.7 Å². The Morgan fingerprint density at radius 1 is 1.10 bits per heavy atom. The molecule has 1 saturated heterocycles. The number of methoxy groups -OCH3 is 1. The van der Waals surface area contributed by atoms with Gasteiger partial charge in [0.25, 0.3) is 0 Å². The van der Waals surface area contributed by atoms with Crippen molar-refractivity contribution in [1.29, 1.82) is 0 Å². The van der Waals surface area contributed by atoms with Crippen molar-refractivity contribution in [3.63, 3.8) is 0 Å². The summed E-state index contributed by atoms with van der Waals surface area (Å²) in [5, 5.41) is 8.21. The standard InChI is InChI=1S/C24H26FN3O3/c1-30-21-7-3-2-5-18(21)10-13-22-26-27-23(31-22)14-15-24(29)28-16-4-6-20(28)17-8-11-19(25)12-9-17/h2-3,5,7-9,11-12,20H,4,6,10,13-16H2,1H3/t20-/m0/s1. The maximum atomic E-state index is 13.2. The summed E-state index contributed by atoms with van der Waals surface area (Å²) in [5.74, 6) is 1.66. The summed E-state index contributed by atoms with van der Waals surface area (Å²) in [5.41, 5.74) is 2.06. The van der Waals surface area contributed by atoms with Crippen molar-refractivity contribution in [3.05, 3.63) is 77.3 Å². The monoisotopic (exact) mass is 423 g/mol. The number of carbonyl (C=O) groups is 1. The Morgan fingerprint density at radius 3 is 2.61 bits per heavy atom. The Labute approximate surface area is 181 Å². The summed E-state index contributed by atoms with van der Waals surface area (Å²) >= 11 is 0. The number of para-hydroxylation sites is 1. The van der Waals surface area contributed by atoms with Gasteiger partial charge in [-0.3, -0.25) is 4.79 Å². The number of amides is 1. The van der Waals surface area contributed by atoms with Crippen molar-refractivity contribution in [3.8, 4) is 5.75 Å². The molecule has 1 fully saturated rings. The first-order valence-corrected chi connectivity index (χ1v) is 10.6. The van der Waals surface area contributed by atoms with Crippen LogP contribution in [-0.2, 0) is 24.1 Å². The van der Waals surface area contributed by atoms with Crippen LogP contribution >= 0.6 is 0 Å². The van der Waals surface area contributed by atoms with Crippen LogP contribution in [-0.4, -0.2) is 34.7 Å². The molecular weight excluding hydrogens is 397 g/mol. The molecule has 2 heterocycles. The predicted molar refractivity (Wildman–Crippen MR) is 113 cm³/mol. The fraction of sp³-hybridized carbons (Fsp3) is 0.375. The number of aromatic nitrogens is 2. The van der Waals surface area contributed by atoms with E-state index in [9.17, 15) is 9.18 Å². The molecule has 0 unspecified atom stereocenters. The third kappa shape index (κ3) is 5.10. The van der Waals surface area contributed by atoms with E-state index in [0.29, 0.717) is 31.0 Å². The van der Waals surface area contributed by atoms with Gasteiger partial charge in [-0.2, -0.15) is 0 Å². The number of likely N-dealkylation sites (tertiary alicyclic amines) is 1. The SMILES string of the molecule is COc1ccccc1CCc1nnc(CCC(=O)N2CCC[C@H]2c2ccc(F)cc2)o1. The Hall–Kier alpha value is -3.22. The van der Waals surface area contributed by atoms with Crippen molar-refractivity contribution in [2.24, 2.45) is 0 Å². The van der Waals surface area contributed by atoms with E-state index >= 15 is 0 Å². The second-order valence-corrected chi connectivity index (χ2v) is 7.70. The van der Waals surface area contributed by atoms with Crippen LogP contribution in [0.1, 0.15) is 48.2 Å². The van der Waals surface area contributed by atoms with Crippen LogP contribution in [0.3, 0.4) is 0 Å². The fourth-order valence-corrected chi connectivity index (χ4v) is 4.10. The highest BCUT2D eigenvalue weighted by atomic mass is 19.1. The van der Waals surface area contributed by atoms with Gasteiger partial charge in [0.15, 0.2) is 0 Å². The third-order valence-corrected chi connectivity index (χ3v) is 5.69. The van der Waals surface area contributed by atoms with Gasteiger partial charge in [-0.1, -0.05) is 30.3 Å². The molecule has 0 saturated carbocycles. The number of hydrogen-bond donors (Lipinski definition) is 0. The lowest BCUT2D eigenvalue weighted by atomic mass is 10.0. The maximum Gasteiger partial charge on any atom is 0.223 e. The van der Waals surface area contributed by atoms with E-state index < -0.39 is 0 Å². The molecule has 0 spiro atoms. The van der Waals surface area contributed by atoms with Gasteiger partial charge < -0.3 is 14.1 Å². The zero-order valence-corrected chi connectivity index (χ0v) is 17.6. The molecule has 0 radical (unpaired) electrons. The lowest BCUT2D eigenvalue weighted by molar-refractivity contribution is -0.132. The van der Waals surface area contributed by atoms with E-state index in [2.05, 4.69) is 10.2 Å². The molecular formula is C24H26FN3O3. The Morgan fingerprint density at radius 2 is 1.84 bits per heavy atom. The number of rotatable bonds is 8. The van der Waals surface area contributed by atoms with E-state index in [4.69, 9.17) is 9.15 Å². The molecule has 31 heavy (non-hydrogen) atoms. The van der Waals surface area contributed by atoms with Crippen LogP contribution in [0.15, 0.2) is 52.9 Å². The molecule has 0 N–H and O–H groups in total. The van der Waals surface area contributed by atoms with Crippen molar-refractivity contribution in [2.45, 2.75) is 44.6 Å². The number of nitrogens with zero attached hydrogens (tertiary/aromatic N) is 3. The van der Waals surface area contributed by atoms with Crippen LogP contribution in [0.5, 0.6) is 5.75 Å². The Balaban J connectivity index is 1.30. The average molecular weight is 423 g/mol. The second-order valence-electron chi connectivity index (χ2n) is 7.70. The van der Waals surface area contributed by atoms with E-state index in [1.165, 1.54) is 12.1 Å². The van der Waals surface area contributed by atoms with Crippen LogP contribution in [0.25, 0.3) is 0 Å². The smallest absolute Gasteiger partial charge is 0.223 e. The summed E-state index contributed by atoms with van der Waals surface area (Å²) in [4.78, 5) is 14.7. The minimum atomic E-state index is -0.266. The minimum Gasteiger partial charge on any atom is -0.496 e. The van der Waals surface area contributed by atoms with Gasteiger partial charge in [0.1, 0.15) is 11.6 Å². The van der Waals surface area contributed by atoms with Crippen molar-refractivity contribution in [2.75, 3.05) is 13.7 Å². The topological polar surface area (TPSA) is 68.5 Å². The zero-order chi connectivity index (χ0) is 21.6. The minimum absolute atomic E-state index is 0.00667. The number of ether oxygens (including phenoxy) is 1. The molecule has 1 aliphatic heterocycles. The Kier molecular flexibility index (Phi) is 6.60. The molecule has 6 nitrogen and oxygen atoms in total. The molecule has 0 aliphatic carbocycles. The first-order chi connectivity index (χ1) is 15.1. The van der Waals surface area contributed by atoms with Gasteiger partial charge in [-0.15, -0.1) is 10.2 Å². The quantitative estimate of drug-likeness (QED) is 0.540. The van der Waals surface area contributed by atoms with Crippen molar-refractivity contribution >= 4 is 5.91 Å². The predicted octanol–water partition coefficient (Wildman–Crippen LogP) is 4.30. The highest BCUT2D eigenvalue weighted by molar-refractivity contribution is 5.77. The number of halogens is 1. The first-order valence-electron chi connectivity index (χ1n) is 10.6. The zero-order valence-electron chi connectivity index (χ0n) is 17.6. The number of hydrogen-bond acceptors (Lipinski definition) is 5. The van der Waals surface area contributed by atoms with Crippen LogP contribution in [0.2, 0.25) is 0 Å². The van der Waals surface area contributed by atoms with Gasteiger partial charge in [-0.05, 0) is 48.6 Å². The highest BCUT2D eigenvalue weighted by Crippen LogP contribution is 2.32. The largest absolute Gasteiger partial charge is 0.496 e.